The molecule has 3 aliphatic carbocycles. The topological polar surface area (TPSA) is 135 Å². The molecule has 2 amide bonds. The molecule has 1 saturated heterocycles. The van der Waals surface area contributed by atoms with Gasteiger partial charge in [-0.15, -0.1) is 0 Å². The molecule has 0 aromatic heterocycles. The maximum absolute atomic E-state index is 14.5. The van der Waals surface area contributed by atoms with Crippen molar-refractivity contribution in [3.8, 4) is 5.75 Å². The molecular formula is C29H21FN2O7. The first-order valence-electron chi connectivity index (χ1n) is 12.4. The van der Waals surface area contributed by atoms with Crippen LogP contribution < -0.4 is 4.90 Å². The lowest BCUT2D eigenvalue weighted by atomic mass is 9.59. The van der Waals surface area contributed by atoms with E-state index in [1.165, 1.54) is 49.4 Å². The number of rotatable bonds is 3. The summed E-state index contributed by atoms with van der Waals surface area (Å²) in [6.07, 6.45) is 3.33. The fourth-order valence-corrected chi connectivity index (χ4v) is 6.44. The number of Topliss-reactive ketones (excluding diaryl/α,β-unsaturated/α-hetero) is 1. The van der Waals surface area contributed by atoms with Gasteiger partial charge in [0, 0.05) is 34.8 Å². The van der Waals surface area contributed by atoms with Crippen LogP contribution in [-0.2, 0) is 19.2 Å². The summed E-state index contributed by atoms with van der Waals surface area (Å²) in [5.41, 5.74) is 1.76. The Bertz CT molecular complexity index is 1620. The van der Waals surface area contributed by atoms with Crippen molar-refractivity contribution in [3.05, 3.63) is 98.4 Å². The number of allylic oxidation sites excluding steroid dienone is 6. The average molecular weight is 528 g/mol. The van der Waals surface area contributed by atoms with Crippen LogP contribution in [0, 0.1) is 33.7 Å². The number of phenolic OH excluding ortho intramolecular Hbond substituents is 1. The molecule has 196 valence electrons. The Morgan fingerprint density at radius 1 is 1.03 bits per heavy atom. The minimum absolute atomic E-state index is 0.0717. The number of imide groups is 1. The van der Waals surface area contributed by atoms with E-state index in [-0.39, 0.29) is 52.5 Å². The van der Waals surface area contributed by atoms with Crippen molar-refractivity contribution in [1.82, 2.24) is 0 Å². The van der Waals surface area contributed by atoms with E-state index in [1.807, 2.05) is 0 Å². The van der Waals surface area contributed by atoms with Crippen LogP contribution in [0.25, 0.3) is 0 Å². The molecule has 9 nitrogen and oxygen atoms in total. The lowest BCUT2D eigenvalue weighted by Crippen LogP contribution is -2.39. The zero-order valence-electron chi connectivity index (χ0n) is 20.6. The number of halogens is 1. The van der Waals surface area contributed by atoms with Gasteiger partial charge in [0.2, 0.25) is 11.8 Å². The number of benzene rings is 2. The second-order valence-corrected chi connectivity index (χ2v) is 10.2. The average Bonchev–Trinajstić information content (AvgIpc) is 3.17. The minimum Gasteiger partial charge on any atom is -0.505 e. The Kier molecular flexibility index (Phi) is 5.46. The first-order valence-corrected chi connectivity index (χ1v) is 12.4. The van der Waals surface area contributed by atoms with Crippen molar-refractivity contribution in [1.29, 1.82) is 0 Å². The molecule has 39 heavy (non-hydrogen) atoms. The quantitative estimate of drug-likeness (QED) is 0.209. The van der Waals surface area contributed by atoms with E-state index in [0.29, 0.717) is 11.1 Å². The normalized spacial score (nSPS) is 26.2. The van der Waals surface area contributed by atoms with Gasteiger partial charge in [0.1, 0.15) is 0 Å². The number of hydrogen-bond donors (Lipinski definition) is 1. The number of nitro groups is 1. The van der Waals surface area contributed by atoms with Crippen LogP contribution in [0.1, 0.15) is 31.2 Å². The van der Waals surface area contributed by atoms with Crippen molar-refractivity contribution in [2.24, 2.45) is 17.8 Å². The monoisotopic (exact) mass is 528 g/mol. The third-order valence-electron chi connectivity index (χ3n) is 8.19. The van der Waals surface area contributed by atoms with Gasteiger partial charge in [0.05, 0.1) is 22.4 Å². The third kappa shape index (κ3) is 3.58. The molecule has 1 heterocycles. The smallest absolute Gasteiger partial charge is 0.269 e. The Hall–Kier alpha value is -4.73. The number of anilines is 1. The van der Waals surface area contributed by atoms with E-state index in [1.54, 1.807) is 6.08 Å². The molecule has 1 aliphatic heterocycles. The Labute approximate surface area is 221 Å². The van der Waals surface area contributed by atoms with Crippen molar-refractivity contribution >= 4 is 34.8 Å². The van der Waals surface area contributed by atoms with E-state index in [4.69, 9.17) is 0 Å². The van der Waals surface area contributed by atoms with E-state index < -0.39 is 52.0 Å². The number of phenols is 1. The van der Waals surface area contributed by atoms with Crippen LogP contribution in [0.4, 0.5) is 15.8 Å². The number of aromatic hydroxyl groups is 1. The van der Waals surface area contributed by atoms with Gasteiger partial charge in [0.25, 0.3) is 5.69 Å². The predicted molar refractivity (Wildman–Crippen MR) is 135 cm³/mol. The number of carbonyl (C=O) groups is 4. The maximum Gasteiger partial charge on any atom is 0.269 e. The molecule has 0 unspecified atom stereocenters. The van der Waals surface area contributed by atoms with Gasteiger partial charge in [0.15, 0.2) is 23.1 Å². The van der Waals surface area contributed by atoms with Gasteiger partial charge in [-0.1, -0.05) is 17.7 Å². The van der Waals surface area contributed by atoms with E-state index in [0.717, 1.165) is 11.0 Å². The number of hydrogen-bond acceptors (Lipinski definition) is 7. The Morgan fingerprint density at radius 3 is 2.41 bits per heavy atom. The highest BCUT2D eigenvalue weighted by molar-refractivity contribution is 6.25. The largest absolute Gasteiger partial charge is 0.505 e. The van der Waals surface area contributed by atoms with Gasteiger partial charge in [-0.3, -0.25) is 34.2 Å². The number of amides is 2. The lowest BCUT2D eigenvalue weighted by Gasteiger charge is -2.42. The summed E-state index contributed by atoms with van der Waals surface area (Å²) in [6, 6.07) is 8.91. The van der Waals surface area contributed by atoms with Gasteiger partial charge in [-0.25, -0.2) is 4.39 Å². The van der Waals surface area contributed by atoms with Crippen molar-refractivity contribution < 1.29 is 33.6 Å². The molecule has 0 spiro atoms. The first-order chi connectivity index (χ1) is 18.6. The highest BCUT2D eigenvalue weighted by atomic mass is 19.1. The summed E-state index contributed by atoms with van der Waals surface area (Å²) in [4.78, 5) is 65.2. The second kappa shape index (κ2) is 8.65. The lowest BCUT2D eigenvalue weighted by molar-refractivity contribution is -0.384. The number of non-ortho nitro benzene ring substituents is 1. The molecule has 0 radical (unpaired) electrons. The van der Waals surface area contributed by atoms with Gasteiger partial charge in [-0.05, 0) is 61.6 Å². The van der Waals surface area contributed by atoms with E-state index >= 15 is 0 Å². The zero-order valence-corrected chi connectivity index (χ0v) is 20.6. The number of nitrogens with zero attached hydrogens (tertiary/aromatic N) is 2. The van der Waals surface area contributed by atoms with Crippen LogP contribution in [0.3, 0.4) is 0 Å². The van der Waals surface area contributed by atoms with Crippen LogP contribution in [0.5, 0.6) is 5.75 Å². The summed E-state index contributed by atoms with van der Waals surface area (Å²) in [6.45, 7) is 1.54. The first kappa shape index (κ1) is 24.6. The van der Waals surface area contributed by atoms with E-state index in [9.17, 15) is 38.8 Å². The fraction of sp³-hybridized carbons (Fsp3) is 0.241. The number of nitro benzene ring substituents is 1. The molecular weight excluding hydrogens is 507 g/mol. The van der Waals surface area contributed by atoms with Crippen LogP contribution >= 0.6 is 0 Å². The molecule has 0 bridgehead atoms. The Morgan fingerprint density at radius 2 is 1.74 bits per heavy atom. The Balaban J connectivity index is 1.46. The molecule has 4 atom stereocenters. The van der Waals surface area contributed by atoms with Gasteiger partial charge < -0.3 is 5.11 Å². The molecule has 10 heteroatoms. The summed E-state index contributed by atoms with van der Waals surface area (Å²) < 4.78 is 14.5. The standard InChI is InChI=1S/C29H21FN2O7/c1-13-10-23(34)26-20(27(13)35)12-19-17(24(26)14-2-9-22(33)21(30)11-14)7-8-18-25(19)29(37)31(28(18)36)15-3-5-16(6-4-15)32(38)39/h2-7,9-11,18-19,24-25,33H,8,12H2,1H3/t18-,19+,24-,25-/m0/s1. The van der Waals surface area contributed by atoms with Crippen LogP contribution in [-0.4, -0.2) is 33.4 Å². The SMILES string of the molecule is CC1=CC(=O)C2=C(C[C@@H]3C(=CC[C@@H]4C(=O)N(c5ccc([N+](=O)[O-])cc5)C(=O)[C@@H]43)[C@@H]2c2ccc(O)c(F)c2)C1=O. The number of fused-ring (bicyclic) bond motifs is 3. The summed E-state index contributed by atoms with van der Waals surface area (Å²) in [5, 5.41) is 20.8. The van der Waals surface area contributed by atoms with E-state index in [2.05, 4.69) is 0 Å². The molecule has 1 N–H and O–H groups in total. The predicted octanol–water partition coefficient (Wildman–Crippen LogP) is 4.07. The van der Waals surface area contributed by atoms with Crippen molar-refractivity contribution in [3.63, 3.8) is 0 Å². The molecule has 1 fully saturated rings. The molecule has 0 saturated carbocycles. The highest BCUT2D eigenvalue weighted by Crippen LogP contribution is 2.55. The third-order valence-corrected chi connectivity index (χ3v) is 8.19. The van der Waals surface area contributed by atoms with Crippen LogP contribution in [0.15, 0.2) is 76.9 Å². The molecule has 4 aliphatic rings. The van der Waals surface area contributed by atoms with Crippen molar-refractivity contribution in [2.45, 2.75) is 25.7 Å². The number of carbonyl (C=O) groups excluding carboxylic acids is 4. The zero-order chi connectivity index (χ0) is 27.7. The van der Waals surface area contributed by atoms with Crippen molar-refractivity contribution in [2.75, 3.05) is 4.90 Å². The summed E-state index contributed by atoms with van der Waals surface area (Å²) in [7, 11) is 0. The summed E-state index contributed by atoms with van der Waals surface area (Å²) >= 11 is 0. The molecule has 2 aromatic carbocycles. The van der Waals surface area contributed by atoms with Gasteiger partial charge in [-0.2, -0.15) is 0 Å². The second-order valence-electron chi connectivity index (χ2n) is 10.2. The minimum atomic E-state index is -0.885. The van der Waals surface area contributed by atoms with Gasteiger partial charge >= 0.3 is 0 Å². The van der Waals surface area contributed by atoms with Crippen LogP contribution in [0.2, 0.25) is 0 Å². The summed E-state index contributed by atoms with van der Waals surface area (Å²) in [5.74, 6) is -6.06. The molecule has 2 aromatic rings. The number of ketones is 2. The fourth-order valence-electron chi connectivity index (χ4n) is 6.44. The molecule has 6 rings (SSSR count). The highest BCUT2D eigenvalue weighted by Gasteiger charge is 2.56. The maximum atomic E-state index is 14.5.